The molecule has 0 aromatic heterocycles. The number of thiocarbonyl (C=S) groups is 1. The number of carbonyl (C=O) groups excluding carboxylic acids is 1. The molecule has 21 heavy (non-hydrogen) atoms. The van der Waals surface area contributed by atoms with E-state index in [9.17, 15) is 4.79 Å². The summed E-state index contributed by atoms with van der Waals surface area (Å²) in [5.74, 6) is 1.67. The molecular formula is C16H21N3OS. The Morgan fingerprint density at radius 2 is 2.05 bits per heavy atom. The van der Waals surface area contributed by atoms with Gasteiger partial charge in [0.2, 0.25) is 5.91 Å². The van der Waals surface area contributed by atoms with Crippen LogP contribution in [0, 0.1) is 11.8 Å². The first kappa shape index (κ1) is 14.5. The molecule has 1 aromatic rings. The number of benzene rings is 1. The molecule has 3 N–H and O–H groups in total. The zero-order valence-corrected chi connectivity index (χ0v) is 12.9. The molecule has 0 bridgehead atoms. The molecule has 1 amide bonds. The Labute approximate surface area is 130 Å². The number of anilines is 1. The third-order valence-electron chi connectivity index (χ3n) is 4.60. The molecule has 0 radical (unpaired) electrons. The van der Waals surface area contributed by atoms with Gasteiger partial charge in [-0.05, 0) is 36.8 Å². The summed E-state index contributed by atoms with van der Waals surface area (Å²) in [4.78, 5) is 14.8. The van der Waals surface area contributed by atoms with Gasteiger partial charge in [0.25, 0.3) is 0 Å². The topological polar surface area (TPSA) is 58.4 Å². The predicted octanol–water partition coefficient (Wildman–Crippen LogP) is 1.99. The Balaban J connectivity index is 1.55. The van der Waals surface area contributed by atoms with Crippen molar-refractivity contribution in [2.24, 2.45) is 17.6 Å². The highest BCUT2D eigenvalue weighted by Crippen LogP contribution is 2.37. The molecule has 2 atom stereocenters. The summed E-state index contributed by atoms with van der Waals surface area (Å²) < 4.78 is 0. The molecule has 112 valence electrons. The van der Waals surface area contributed by atoms with Gasteiger partial charge in [-0.3, -0.25) is 9.69 Å². The highest BCUT2D eigenvalue weighted by atomic mass is 32.1. The van der Waals surface area contributed by atoms with E-state index in [4.69, 9.17) is 18.0 Å². The monoisotopic (exact) mass is 303 g/mol. The Morgan fingerprint density at radius 3 is 2.71 bits per heavy atom. The zero-order valence-electron chi connectivity index (χ0n) is 12.0. The number of hydrogen-bond acceptors (Lipinski definition) is 3. The minimum Gasteiger partial charge on any atom is -0.389 e. The fraction of sp³-hybridized carbons (Fsp3) is 0.500. The zero-order chi connectivity index (χ0) is 14.8. The second kappa shape index (κ2) is 6.12. The largest absolute Gasteiger partial charge is 0.389 e. The van der Waals surface area contributed by atoms with Crippen molar-refractivity contribution >= 4 is 28.8 Å². The van der Waals surface area contributed by atoms with Crippen LogP contribution >= 0.6 is 12.2 Å². The molecule has 1 aliphatic heterocycles. The lowest BCUT2D eigenvalue weighted by Gasteiger charge is -2.16. The minimum absolute atomic E-state index is 0.0371. The van der Waals surface area contributed by atoms with E-state index in [1.807, 2.05) is 24.3 Å². The molecule has 1 aliphatic carbocycles. The molecule has 2 aliphatic rings. The maximum Gasteiger partial charge on any atom is 0.238 e. The first-order valence-electron chi connectivity index (χ1n) is 7.54. The Hall–Kier alpha value is -1.46. The smallest absolute Gasteiger partial charge is 0.238 e. The van der Waals surface area contributed by atoms with Crippen LogP contribution in [-0.2, 0) is 4.79 Å². The second-order valence-electron chi connectivity index (χ2n) is 6.14. The SMILES string of the molecule is NC(=S)c1cccc(NC(=O)CN2CC3CCCC3C2)c1. The summed E-state index contributed by atoms with van der Waals surface area (Å²) in [6.45, 7) is 2.63. The van der Waals surface area contributed by atoms with Gasteiger partial charge in [0, 0.05) is 24.3 Å². The lowest BCUT2D eigenvalue weighted by molar-refractivity contribution is -0.117. The van der Waals surface area contributed by atoms with E-state index in [1.165, 1.54) is 19.3 Å². The van der Waals surface area contributed by atoms with E-state index in [0.29, 0.717) is 11.5 Å². The van der Waals surface area contributed by atoms with Crippen LogP contribution in [0.2, 0.25) is 0 Å². The number of fused-ring (bicyclic) bond motifs is 1. The molecule has 1 heterocycles. The predicted molar refractivity (Wildman–Crippen MR) is 88.2 cm³/mol. The molecule has 1 aromatic carbocycles. The molecule has 1 saturated carbocycles. The van der Waals surface area contributed by atoms with E-state index in [-0.39, 0.29) is 5.91 Å². The molecule has 4 nitrogen and oxygen atoms in total. The molecule has 0 spiro atoms. The van der Waals surface area contributed by atoms with Crippen LogP contribution in [0.25, 0.3) is 0 Å². The fourth-order valence-electron chi connectivity index (χ4n) is 3.62. The van der Waals surface area contributed by atoms with Crippen LogP contribution in [0.5, 0.6) is 0 Å². The lowest BCUT2D eigenvalue weighted by atomic mass is 10.0. The van der Waals surface area contributed by atoms with Crippen molar-refractivity contribution in [1.82, 2.24) is 4.90 Å². The Kier molecular flexibility index (Phi) is 4.22. The van der Waals surface area contributed by atoms with Gasteiger partial charge < -0.3 is 11.1 Å². The summed E-state index contributed by atoms with van der Waals surface area (Å²) in [5.41, 5.74) is 7.14. The van der Waals surface area contributed by atoms with Crippen molar-refractivity contribution in [2.75, 3.05) is 25.0 Å². The number of hydrogen-bond donors (Lipinski definition) is 2. The van der Waals surface area contributed by atoms with Gasteiger partial charge in [-0.1, -0.05) is 30.8 Å². The average molecular weight is 303 g/mol. The Morgan fingerprint density at radius 1 is 1.33 bits per heavy atom. The van der Waals surface area contributed by atoms with Crippen molar-refractivity contribution in [2.45, 2.75) is 19.3 Å². The third-order valence-corrected chi connectivity index (χ3v) is 4.84. The van der Waals surface area contributed by atoms with Gasteiger partial charge in [-0.25, -0.2) is 0 Å². The van der Waals surface area contributed by atoms with Crippen LogP contribution in [0.1, 0.15) is 24.8 Å². The van der Waals surface area contributed by atoms with E-state index in [2.05, 4.69) is 10.2 Å². The molecular weight excluding hydrogens is 282 g/mol. The summed E-state index contributed by atoms with van der Waals surface area (Å²) in [6, 6.07) is 7.38. The van der Waals surface area contributed by atoms with Crippen molar-refractivity contribution in [3.63, 3.8) is 0 Å². The number of likely N-dealkylation sites (tertiary alicyclic amines) is 1. The van der Waals surface area contributed by atoms with Gasteiger partial charge in [-0.2, -0.15) is 0 Å². The first-order valence-corrected chi connectivity index (χ1v) is 7.95. The van der Waals surface area contributed by atoms with E-state index >= 15 is 0 Å². The molecule has 2 fully saturated rings. The van der Waals surface area contributed by atoms with Crippen molar-refractivity contribution in [3.8, 4) is 0 Å². The van der Waals surface area contributed by atoms with Gasteiger partial charge in [-0.15, -0.1) is 0 Å². The summed E-state index contributed by atoms with van der Waals surface area (Å²) in [7, 11) is 0. The molecule has 5 heteroatoms. The van der Waals surface area contributed by atoms with Crippen LogP contribution in [0.15, 0.2) is 24.3 Å². The maximum atomic E-state index is 12.2. The number of nitrogens with one attached hydrogen (secondary N) is 1. The van der Waals surface area contributed by atoms with Crippen molar-refractivity contribution in [1.29, 1.82) is 0 Å². The molecule has 2 unspecified atom stereocenters. The quantitative estimate of drug-likeness (QED) is 0.835. The fourth-order valence-corrected chi connectivity index (χ4v) is 3.74. The maximum absolute atomic E-state index is 12.2. The Bertz CT molecular complexity index is 548. The minimum atomic E-state index is 0.0371. The van der Waals surface area contributed by atoms with Gasteiger partial charge in [0.05, 0.1) is 6.54 Å². The number of carbonyl (C=O) groups is 1. The van der Waals surface area contributed by atoms with Crippen LogP contribution in [-0.4, -0.2) is 35.4 Å². The number of amides is 1. The number of nitrogens with two attached hydrogens (primary N) is 1. The summed E-state index contributed by atoms with van der Waals surface area (Å²) in [6.07, 6.45) is 4.03. The van der Waals surface area contributed by atoms with Crippen molar-refractivity contribution in [3.05, 3.63) is 29.8 Å². The first-order chi connectivity index (χ1) is 10.1. The molecule has 3 rings (SSSR count). The van der Waals surface area contributed by atoms with E-state index in [1.54, 1.807) is 0 Å². The highest BCUT2D eigenvalue weighted by Gasteiger charge is 2.36. The highest BCUT2D eigenvalue weighted by molar-refractivity contribution is 7.80. The van der Waals surface area contributed by atoms with E-state index < -0.39 is 0 Å². The number of rotatable bonds is 4. The normalized spacial score (nSPS) is 24.8. The van der Waals surface area contributed by atoms with Gasteiger partial charge >= 0.3 is 0 Å². The summed E-state index contributed by atoms with van der Waals surface area (Å²) in [5, 5.41) is 2.93. The van der Waals surface area contributed by atoms with Crippen LogP contribution in [0.3, 0.4) is 0 Å². The number of nitrogens with zero attached hydrogens (tertiary/aromatic N) is 1. The van der Waals surface area contributed by atoms with Crippen LogP contribution in [0.4, 0.5) is 5.69 Å². The van der Waals surface area contributed by atoms with Gasteiger partial charge in [0.15, 0.2) is 0 Å². The third kappa shape index (κ3) is 3.41. The lowest BCUT2D eigenvalue weighted by Crippen LogP contribution is -2.32. The summed E-state index contributed by atoms with van der Waals surface area (Å²) >= 11 is 4.95. The van der Waals surface area contributed by atoms with Crippen LogP contribution < -0.4 is 11.1 Å². The van der Waals surface area contributed by atoms with E-state index in [0.717, 1.165) is 36.2 Å². The second-order valence-corrected chi connectivity index (χ2v) is 6.58. The van der Waals surface area contributed by atoms with Crippen molar-refractivity contribution < 1.29 is 4.79 Å². The standard InChI is InChI=1S/C16H21N3OS/c17-16(21)11-3-2-6-14(7-11)18-15(20)10-19-8-12-4-1-5-13(12)9-19/h2-3,6-7,12-13H,1,4-5,8-10H2,(H2,17,21)(H,18,20). The van der Waals surface area contributed by atoms with Gasteiger partial charge in [0.1, 0.15) is 4.99 Å². The molecule has 1 saturated heterocycles. The average Bonchev–Trinajstić information content (AvgIpc) is 2.99.